The number of rotatable bonds is 10. The molecule has 3 heterocycles. The van der Waals surface area contributed by atoms with E-state index in [0.717, 1.165) is 34.8 Å². The Hall–Kier alpha value is -3.74. The minimum Gasteiger partial charge on any atom is -0.494 e. The molecule has 2 aromatic carbocycles. The van der Waals surface area contributed by atoms with Gasteiger partial charge >= 0.3 is 5.97 Å². The summed E-state index contributed by atoms with van der Waals surface area (Å²) in [7, 11) is 1.28. The zero-order valence-corrected chi connectivity index (χ0v) is 25.7. The summed E-state index contributed by atoms with van der Waals surface area (Å²) < 4.78 is 18.7. The normalized spacial score (nSPS) is 17.9. The first-order valence-corrected chi connectivity index (χ1v) is 14.8. The zero-order valence-electron chi connectivity index (χ0n) is 23.3. The lowest BCUT2D eigenvalue weighted by Gasteiger charge is -2.19. The first-order valence-electron chi connectivity index (χ1n) is 13.6. The predicted octanol–water partition coefficient (Wildman–Crippen LogP) is 4.25. The summed E-state index contributed by atoms with van der Waals surface area (Å²) in [5, 5.41) is 3.93. The van der Waals surface area contributed by atoms with Crippen LogP contribution in [0, 0.1) is 0 Å². The minimum atomic E-state index is -0.544. The fourth-order valence-electron chi connectivity index (χ4n) is 5.05. The molecule has 0 aliphatic carbocycles. The number of carbonyl (C=O) groups excluding carboxylic acids is 3. The second-order valence-corrected chi connectivity index (χ2v) is 11.1. The van der Waals surface area contributed by atoms with E-state index in [1.807, 2.05) is 35.9 Å². The molecule has 1 aromatic heterocycles. The maximum Gasteiger partial charge on any atom is 0.325 e. The second-order valence-electron chi connectivity index (χ2n) is 9.85. The van der Waals surface area contributed by atoms with E-state index in [1.165, 1.54) is 16.9 Å². The molecule has 1 N–H and O–H groups in total. The lowest BCUT2D eigenvalue weighted by Crippen LogP contribution is -2.35. The summed E-state index contributed by atoms with van der Waals surface area (Å²) in [6.45, 7) is 3.44. The van der Waals surface area contributed by atoms with Gasteiger partial charge in [-0.1, -0.05) is 15.9 Å². The van der Waals surface area contributed by atoms with Crippen LogP contribution in [0.5, 0.6) is 5.75 Å². The Kier molecular flexibility index (Phi) is 9.24. The van der Waals surface area contributed by atoms with Gasteiger partial charge in [0.25, 0.3) is 5.91 Å². The largest absolute Gasteiger partial charge is 0.494 e. The molecule has 0 unspecified atom stereocenters. The molecule has 2 aliphatic heterocycles. The third-order valence-corrected chi connectivity index (χ3v) is 7.98. The average molecular weight is 656 g/mol. The first-order chi connectivity index (χ1) is 20.3. The number of carbonyl (C=O) groups is 3. The number of methoxy groups -OCH3 is 1. The number of hydrogen-bond acceptors (Lipinski definition) is 7. The summed E-state index contributed by atoms with van der Waals surface area (Å²) in [5.74, 6) is -0.410. The summed E-state index contributed by atoms with van der Waals surface area (Å²) in [6, 6.07) is 12.7. The van der Waals surface area contributed by atoms with Crippen molar-refractivity contribution in [3.63, 3.8) is 0 Å². The van der Waals surface area contributed by atoms with E-state index in [4.69, 9.17) is 26.4 Å². The van der Waals surface area contributed by atoms with Crippen LogP contribution in [0.15, 0.2) is 58.8 Å². The molecule has 0 bridgehead atoms. The van der Waals surface area contributed by atoms with Crippen LogP contribution in [0.3, 0.4) is 0 Å². The van der Waals surface area contributed by atoms with E-state index in [2.05, 4.69) is 21.2 Å². The number of thiocarbonyl (C=S) groups is 1. The van der Waals surface area contributed by atoms with Gasteiger partial charge in [-0.05, 0) is 80.5 Å². The van der Waals surface area contributed by atoms with E-state index in [0.29, 0.717) is 30.2 Å². The van der Waals surface area contributed by atoms with Gasteiger partial charge in [0.05, 0.1) is 25.5 Å². The number of amides is 2. The summed E-state index contributed by atoms with van der Waals surface area (Å²) in [4.78, 5) is 41.9. The van der Waals surface area contributed by atoms with Crippen molar-refractivity contribution in [2.75, 3.05) is 38.3 Å². The van der Waals surface area contributed by atoms with Gasteiger partial charge in [-0.3, -0.25) is 19.3 Å². The molecule has 2 fully saturated rings. The molecule has 220 valence electrons. The van der Waals surface area contributed by atoms with Crippen molar-refractivity contribution < 1.29 is 28.6 Å². The van der Waals surface area contributed by atoms with Gasteiger partial charge in [0, 0.05) is 40.3 Å². The SMILES string of the molecule is CCOc1ccc(N2C(=O)/C(=C/c3cn(CC(=O)NC[C@H]4CCCO4)c4ccc(Br)cc34)N(CC(=O)OC)C2=S)cc1. The molecule has 0 spiro atoms. The highest BCUT2D eigenvalue weighted by Crippen LogP contribution is 2.33. The van der Waals surface area contributed by atoms with Gasteiger partial charge in [-0.2, -0.15) is 0 Å². The van der Waals surface area contributed by atoms with Crippen LogP contribution in [0.2, 0.25) is 0 Å². The molecule has 1 atom stereocenters. The Bertz CT molecular complexity index is 1550. The molecule has 12 heteroatoms. The summed E-state index contributed by atoms with van der Waals surface area (Å²) in [6.07, 6.45) is 5.50. The van der Waals surface area contributed by atoms with Gasteiger partial charge in [0.15, 0.2) is 5.11 Å². The Balaban J connectivity index is 1.49. The number of fused-ring (bicyclic) bond motifs is 1. The van der Waals surface area contributed by atoms with Crippen molar-refractivity contribution >= 4 is 73.7 Å². The molecular formula is C30H31BrN4O6S. The average Bonchev–Trinajstić information content (AvgIpc) is 3.67. The third kappa shape index (κ3) is 6.35. The smallest absolute Gasteiger partial charge is 0.325 e. The molecule has 0 saturated carbocycles. The number of ether oxygens (including phenoxy) is 3. The molecule has 42 heavy (non-hydrogen) atoms. The predicted molar refractivity (Wildman–Crippen MR) is 166 cm³/mol. The van der Waals surface area contributed by atoms with Crippen molar-refractivity contribution in [3.05, 3.63) is 64.4 Å². The van der Waals surface area contributed by atoms with Gasteiger partial charge in [0.1, 0.15) is 24.5 Å². The maximum absolute atomic E-state index is 13.9. The lowest BCUT2D eigenvalue weighted by molar-refractivity contribution is -0.140. The van der Waals surface area contributed by atoms with Crippen LogP contribution in [-0.4, -0.2) is 71.9 Å². The molecule has 10 nitrogen and oxygen atoms in total. The number of nitrogens with one attached hydrogen (secondary N) is 1. The van der Waals surface area contributed by atoms with Crippen LogP contribution in [-0.2, 0) is 30.4 Å². The van der Waals surface area contributed by atoms with Crippen molar-refractivity contribution in [2.45, 2.75) is 32.4 Å². The lowest BCUT2D eigenvalue weighted by atomic mass is 10.1. The minimum absolute atomic E-state index is 0.0444. The Morgan fingerprint density at radius 3 is 2.67 bits per heavy atom. The van der Waals surface area contributed by atoms with Crippen molar-refractivity contribution in [1.82, 2.24) is 14.8 Å². The van der Waals surface area contributed by atoms with Crippen molar-refractivity contribution in [2.24, 2.45) is 0 Å². The Labute approximate surface area is 257 Å². The van der Waals surface area contributed by atoms with E-state index < -0.39 is 11.9 Å². The quantitative estimate of drug-likeness (QED) is 0.197. The second kappa shape index (κ2) is 13.1. The number of nitrogens with zero attached hydrogens (tertiary/aromatic N) is 3. The van der Waals surface area contributed by atoms with Crippen LogP contribution in [0.25, 0.3) is 17.0 Å². The molecule has 2 saturated heterocycles. The standard InChI is InChI=1S/C30H31BrN4O6S/c1-3-40-22-9-7-21(8-10-22)35-29(38)26(34(30(35)42)18-28(37)39-2)13-19-16-33(25-11-6-20(31)14-24(19)25)17-27(36)32-15-23-5-4-12-41-23/h6-11,13-14,16,23H,3-5,12,15,17-18H2,1-2H3,(H,32,36)/b26-13-/t23-/m1/s1. The van der Waals surface area contributed by atoms with Crippen LogP contribution in [0.4, 0.5) is 5.69 Å². The van der Waals surface area contributed by atoms with Gasteiger partial charge in [-0.25, -0.2) is 0 Å². The number of aromatic nitrogens is 1. The highest BCUT2D eigenvalue weighted by Gasteiger charge is 2.40. The maximum atomic E-state index is 13.9. The summed E-state index contributed by atoms with van der Waals surface area (Å²) in [5.41, 5.74) is 2.25. The van der Waals surface area contributed by atoms with Crippen LogP contribution >= 0.6 is 28.1 Å². The van der Waals surface area contributed by atoms with E-state index in [9.17, 15) is 14.4 Å². The fraction of sp³-hybridized carbons (Fsp3) is 0.333. The Morgan fingerprint density at radius 2 is 1.98 bits per heavy atom. The number of esters is 1. The molecular weight excluding hydrogens is 624 g/mol. The van der Waals surface area contributed by atoms with Crippen molar-refractivity contribution in [1.29, 1.82) is 0 Å². The van der Waals surface area contributed by atoms with Gasteiger partial charge in [0.2, 0.25) is 5.91 Å². The molecule has 2 aliphatic rings. The molecule has 3 aromatic rings. The highest BCUT2D eigenvalue weighted by atomic mass is 79.9. The molecule has 2 amide bonds. The highest BCUT2D eigenvalue weighted by molar-refractivity contribution is 9.10. The van der Waals surface area contributed by atoms with Gasteiger partial charge < -0.3 is 29.0 Å². The van der Waals surface area contributed by atoms with Crippen LogP contribution < -0.4 is 15.0 Å². The monoisotopic (exact) mass is 654 g/mol. The molecule has 5 rings (SSSR count). The number of anilines is 1. The topological polar surface area (TPSA) is 102 Å². The van der Waals surface area contributed by atoms with Crippen molar-refractivity contribution in [3.8, 4) is 5.75 Å². The number of hydrogen-bond donors (Lipinski definition) is 1. The molecule has 0 radical (unpaired) electrons. The van der Waals surface area contributed by atoms with E-state index >= 15 is 0 Å². The van der Waals surface area contributed by atoms with Crippen LogP contribution in [0.1, 0.15) is 25.3 Å². The summed E-state index contributed by atoms with van der Waals surface area (Å²) >= 11 is 9.23. The fourth-order valence-corrected chi connectivity index (χ4v) is 5.76. The zero-order chi connectivity index (χ0) is 29.8. The van der Waals surface area contributed by atoms with E-state index in [1.54, 1.807) is 30.3 Å². The van der Waals surface area contributed by atoms with E-state index in [-0.39, 0.29) is 35.9 Å². The number of benzene rings is 2. The number of halogens is 1. The third-order valence-electron chi connectivity index (χ3n) is 7.09. The first kappa shape index (κ1) is 29.7. The Morgan fingerprint density at radius 1 is 1.19 bits per heavy atom. The van der Waals surface area contributed by atoms with Gasteiger partial charge in [-0.15, -0.1) is 0 Å².